The maximum absolute atomic E-state index is 9.41. The van der Waals surface area contributed by atoms with E-state index < -0.39 is 0 Å². The number of imidazole rings is 1. The molecule has 0 aliphatic heterocycles. The highest BCUT2D eigenvalue weighted by molar-refractivity contribution is 6.29. The van der Waals surface area contributed by atoms with Gasteiger partial charge >= 0.3 is 0 Å². The zero-order chi connectivity index (χ0) is 9.42. The van der Waals surface area contributed by atoms with Crippen molar-refractivity contribution in [2.75, 3.05) is 0 Å². The van der Waals surface area contributed by atoms with Crippen LogP contribution in [0.2, 0.25) is 5.15 Å². The molecule has 0 aliphatic carbocycles. The second kappa shape index (κ2) is 2.88. The lowest BCUT2D eigenvalue weighted by atomic mass is 10.3. The van der Waals surface area contributed by atoms with Gasteiger partial charge in [-0.1, -0.05) is 18.5 Å². The molecule has 0 spiro atoms. The molecule has 0 aliphatic rings. The fourth-order valence-corrected chi connectivity index (χ4v) is 1.39. The molecule has 0 unspecified atom stereocenters. The molecule has 0 amide bonds. The van der Waals surface area contributed by atoms with Crippen molar-refractivity contribution >= 4 is 17.2 Å². The fraction of sp³-hybridized carbons (Fsp3) is 0.250. The van der Waals surface area contributed by atoms with Crippen molar-refractivity contribution in [1.82, 2.24) is 14.6 Å². The topological polar surface area (TPSA) is 50.4 Å². The first-order chi connectivity index (χ1) is 6.22. The lowest BCUT2D eigenvalue weighted by Gasteiger charge is -1.96. The molecule has 0 saturated carbocycles. The van der Waals surface area contributed by atoms with Gasteiger partial charge in [0.1, 0.15) is 10.8 Å². The molecule has 0 aromatic carbocycles. The minimum Gasteiger partial charge on any atom is -0.492 e. The molecule has 0 radical (unpaired) electrons. The highest BCUT2D eigenvalue weighted by Gasteiger charge is 2.09. The molecule has 1 N–H and O–H groups in total. The first-order valence-corrected chi connectivity index (χ1v) is 4.33. The highest BCUT2D eigenvalue weighted by Crippen LogP contribution is 2.18. The number of fused-ring (bicyclic) bond motifs is 1. The Hall–Kier alpha value is -1.29. The van der Waals surface area contributed by atoms with Gasteiger partial charge in [0, 0.05) is 0 Å². The Morgan fingerprint density at radius 2 is 2.31 bits per heavy atom. The van der Waals surface area contributed by atoms with Gasteiger partial charge in [0.05, 0.1) is 0 Å². The van der Waals surface area contributed by atoms with Gasteiger partial charge in [-0.15, -0.1) is 0 Å². The summed E-state index contributed by atoms with van der Waals surface area (Å²) >= 11 is 5.72. The van der Waals surface area contributed by atoms with E-state index in [9.17, 15) is 5.11 Å². The smallest absolute Gasteiger partial charge is 0.235 e. The molecule has 5 heteroatoms. The summed E-state index contributed by atoms with van der Waals surface area (Å²) in [5, 5.41) is 13.8. The molecule has 13 heavy (non-hydrogen) atoms. The zero-order valence-corrected chi connectivity index (χ0v) is 7.78. The van der Waals surface area contributed by atoms with Crippen LogP contribution in [0.4, 0.5) is 0 Å². The minimum atomic E-state index is 0.0252. The van der Waals surface area contributed by atoms with Crippen molar-refractivity contribution in [2.45, 2.75) is 13.3 Å². The number of hydrogen-bond acceptors (Lipinski definition) is 3. The summed E-state index contributed by atoms with van der Waals surface area (Å²) in [5.74, 6) is 0.0252. The lowest BCUT2D eigenvalue weighted by molar-refractivity contribution is 0.449. The normalized spacial score (nSPS) is 10.9. The summed E-state index contributed by atoms with van der Waals surface area (Å²) in [4.78, 5) is 3.92. The van der Waals surface area contributed by atoms with Crippen molar-refractivity contribution < 1.29 is 5.11 Å². The van der Waals surface area contributed by atoms with Gasteiger partial charge in [0.25, 0.3) is 0 Å². The van der Waals surface area contributed by atoms with Crippen LogP contribution in [0, 0.1) is 0 Å². The molecule has 0 saturated heterocycles. The summed E-state index contributed by atoms with van der Waals surface area (Å²) in [6.45, 7) is 1.92. The van der Waals surface area contributed by atoms with E-state index in [0.717, 1.165) is 0 Å². The Morgan fingerprint density at radius 1 is 1.54 bits per heavy atom. The molecule has 2 rings (SSSR count). The van der Waals surface area contributed by atoms with Crippen molar-refractivity contribution in [1.29, 1.82) is 0 Å². The van der Waals surface area contributed by atoms with E-state index in [2.05, 4.69) is 10.1 Å². The number of aryl methyl sites for hydroxylation is 1. The van der Waals surface area contributed by atoms with Gasteiger partial charge in [0.2, 0.25) is 5.88 Å². The SMILES string of the molecule is CCc1c(O)nc2ccc(Cl)nn12. The molecule has 2 aromatic heterocycles. The summed E-state index contributed by atoms with van der Waals surface area (Å²) < 4.78 is 1.55. The molecule has 0 fully saturated rings. The molecule has 68 valence electrons. The predicted octanol–water partition coefficient (Wildman–Crippen LogP) is 1.65. The van der Waals surface area contributed by atoms with E-state index in [0.29, 0.717) is 22.9 Å². The Kier molecular flexibility index (Phi) is 1.84. The summed E-state index contributed by atoms with van der Waals surface area (Å²) in [6.07, 6.45) is 0.667. The number of halogens is 1. The number of aromatic hydroxyl groups is 1. The van der Waals surface area contributed by atoms with Crippen LogP contribution in [0.5, 0.6) is 5.88 Å². The van der Waals surface area contributed by atoms with Crippen LogP contribution >= 0.6 is 11.6 Å². The van der Waals surface area contributed by atoms with Crippen LogP contribution in [0.25, 0.3) is 5.65 Å². The average molecular weight is 198 g/mol. The van der Waals surface area contributed by atoms with Gasteiger partial charge in [-0.25, -0.2) is 4.52 Å². The quantitative estimate of drug-likeness (QED) is 0.757. The fourth-order valence-electron chi connectivity index (χ4n) is 1.25. The Morgan fingerprint density at radius 3 is 3.00 bits per heavy atom. The maximum Gasteiger partial charge on any atom is 0.235 e. The summed E-state index contributed by atoms with van der Waals surface area (Å²) in [5.41, 5.74) is 1.29. The van der Waals surface area contributed by atoms with Crippen molar-refractivity contribution in [3.8, 4) is 5.88 Å². The number of nitrogens with zero attached hydrogens (tertiary/aromatic N) is 3. The Bertz CT molecular complexity index is 452. The largest absolute Gasteiger partial charge is 0.492 e. The molecular weight excluding hydrogens is 190 g/mol. The molecule has 0 atom stereocenters. The summed E-state index contributed by atoms with van der Waals surface area (Å²) in [6, 6.07) is 3.36. The maximum atomic E-state index is 9.41. The lowest BCUT2D eigenvalue weighted by Crippen LogP contribution is -1.95. The number of aromatic nitrogens is 3. The molecule has 0 bridgehead atoms. The monoisotopic (exact) mass is 197 g/mol. The highest BCUT2D eigenvalue weighted by atomic mass is 35.5. The van der Waals surface area contributed by atoms with Crippen molar-refractivity contribution in [2.24, 2.45) is 0 Å². The van der Waals surface area contributed by atoms with E-state index in [4.69, 9.17) is 11.6 Å². The Labute approximate surface area is 79.8 Å². The number of rotatable bonds is 1. The third kappa shape index (κ3) is 1.23. The summed E-state index contributed by atoms with van der Waals surface area (Å²) in [7, 11) is 0. The molecule has 4 nitrogen and oxygen atoms in total. The van der Waals surface area contributed by atoms with Crippen LogP contribution in [0.15, 0.2) is 12.1 Å². The molecule has 2 heterocycles. The minimum absolute atomic E-state index is 0.0252. The molecular formula is C8H8ClN3O. The third-order valence-electron chi connectivity index (χ3n) is 1.85. The standard InChI is InChI=1S/C8H8ClN3O/c1-2-5-8(13)10-7-4-3-6(9)11-12(5)7/h3-4,13H,2H2,1H3. The second-order valence-corrected chi connectivity index (χ2v) is 3.05. The van der Waals surface area contributed by atoms with Crippen LogP contribution in [-0.4, -0.2) is 19.7 Å². The van der Waals surface area contributed by atoms with Crippen molar-refractivity contribution in [3.63, 3.8) is 0 Å². The Balaban J connectivity index is 2.80. The first-order valence-electron chi connectivity index (χ1n) is 3.95. The van der Waals surface area contributed by atoms with Gasteiger partial charge in [-0.3, -0.25) is 0 Å². The van der Waals surface area contributed by atoms with Gasteiger partial charge < -0.3 is 5.11 Å². The van der Waals surface area contributed by atoms with E-state index in [1.54, 1.807) is 16.6 Å². The van der Waals surface area contributed by atoms with E-state index in [1.807, 2.05) is 6.92 Å². The van der Waals surface area contributed by atoms with Crippen molar-refractivity contribution in [3.05, 3.63) is 23.0 Å². The van der Waals surface area contributed by atoms with Crippen LogP contribution in [0.1, 0.15) is 12.6 Å². The van der Waals surface area contributed by atoms with Gasteiger partial charge in [-0.05, 0) is 18.6 Å². The second-order valence-electron chi connectivity index (χ2n) is 2.66. The van der Waals surface area contributed by atoms with Crippen LogP contribution in [-0.2, 0) is 6.42 Å². The van der Waals surface area contributed by atoms with E-state index in [1.165, 1.54) is 0 Å². The molecule has 2 aromatic rings. The predicted molar refractivity (Wildman–Crippen MR) is 49.0 cm³/mol. The number of hydrogen-bond donors (Lipinski definition) is 1. The van der Waals surface area contributed by atoms with Crippen LogP contribution < -0.4 is 0 Å². The van der Waals surface area contributed by atoms with Crippen LogP contribution in [0.3, 0.4) is 0 Å². The average Bonchev–Trinajstić information content (AvgIpc) is 2.40. The third-order valence-corrected chi connectivity index (χ3v) is 2.05. The van der Waals surface area contributed by atoms with E-state index in [-0.39, 0.29) is 5.88 Å². The first kappa shape index (κ1) is 8.31. The van der Waals surface area contributed by atoms with E-state index >= 15 is 0 Å². The van der Waals surface area contributed by atoms with Gasteiger partial charge in [-0.2, -0.15) is 10.1 Å². The van der Waals surface area contributed by atoms with Gasteiger partial charge in [0.15, 0.2) is 5.65 Å². The zero-order valence-electron chi connectivity index (χ0n) is 7.03.